The van der Waals surface area contributed by atoms with Crippen LogP contribution in [0.15, 0.2) is 105 Å². The smallest absolute Gasteiger partial charge is 0.0344 e. The summed E-state index contributed by atoms with van der Waals surface area (Å²) in [4.78, 5) is 0. The number of hydrogen-bond donors (Lipinski definition) is 2. The van der Waals surface area contributed by atoms with Crippen molar-refractivity contribution < 1.29 is 0 Å². The normalized spacial score (nSPS) is 23.6. The van der Waals surface area contributed by atoms with Crippen molar-refractivity contribution in [1.29, 1.82) is 0 Å². The van der Waals surface area contributed by atoms with Crippen LogP contribution in [0, 0.1) is 11.3 Å². The Morgan fingerprint density at radius 3 is 2.64 bits per heavy atom. The van der Waals surface area contributed by atoms with Crippen LogP contribution in [0.1, 0.15) is 67.2 Å². The Morgan fingerprint density at radius 1 is 1.17 bits per heavy atom. The molecule has 3 aliphatic rings. The first-order valence-corrected chi connectivity index (χ1v) is 13.5. The lowest BCUT2D eigenvalue weighted by atomic mass is 9.78. The number of allylic oxidation sites excluding steroid dienone is 16. The van der Waals surface area contributed by atoms with Crippen LogP contribution in [0.4, 0.5) is 0 Å². The van der Waals surface area contributed by atoms with Gasteiger partial charge < -0.3 is 5.73 Å². The zero-order valence-corrected chi connectivity index (χ0v) is 23.6. The number of hydrazine groups is 1. The molecule has 194 valence electrons. The summed E-state index contributed by atoms with van der Waals surface area (Å²) in [5.41, 5.74) is 20.5. The summed E-state index contributed by atoms with van der Waals surface area (Å²) in [5, 5.41) is 2.22. The highest BCUT2D eigenvalue weighted by atomic mass is 15.5. The molecule has 0 bridgehead atoms. The van der Waals surface area contributed by atoms with Crippen LogP contribution >= 0.6 is 0 Å². The first kappa shape index (κ1) is 28.0. The van der Waals surface area contributed by atoms with E-state index in [4.69, 9.17) is 5.73 Å². The number of nitrogens with one attached hydrogen (secondary N) is 1. The maximum Gasteiger partial charge on any atom is 0.0344 e. The van der Waals surface area contributed by atoms with Crippen LogP contribution in [-0.2, 0) is 0 Å². The Kier molecular flexibility index (Phi) is 9.76. The molecule has 0 aromatic heterocycles. The van der Waals surface area contributed by atoms with Crippen LogP contribution in [-0.4, -0.2) is 25.1 Å². The summed E-state index contributed by atoms with van der Waals surface area (Å²) < 4.78 is 0. The van der Waals surface area contributed by atoms with Crippen LogP contribution in [0.3, 0.4) is 0 Å². The van der Waals surface area contributed by atoms with E-state index in [2.05, 4.69) is 120 Å². The SMILES string of the molecule is C/C=C/C=C(C)\C(=C/C(=C\C(C)C)C1=CCC(C)(C)C(N)=C1)C1=CC2=C(CC1)CN(C)NC/C=C\C2. The van der Waals surface area contributed by atoms with Gasteiger partial charge in [-0.3, -0.25) is 5.43 Å². The predicted octanol–water partition coefficient (Wildman–Crippen LogP) is 7.63. The largest absolute Gasteiger partial charge is 0.402 e. The van der Waals surface area contributed by atoms with Crippen molar-refractivity contribution in [3.8, 4) is 0 Å². The molecule has 2 aliphatic carbocycles. The maximum atomic E-state index is 6.51. The third-order valence-electron chi connectivity index (χ3n) is 7.29. The Balaban J connectivity index is 2.12. The van der Waals surface area contributed by atoms with Crippen LogP contribution in [0.2, 0.25) is 0 Å². The van der Waals surface area contributed by atoms with Crippen molar-refractivity contribution in [2.75, 3.05) is 20.1 Å². The Hall–Kier alpha value is -2.62. The van der Waals surface area contributed by atoms with E-state index in [0.29, 0.717) is 5.92 Å². The van der Waals surface area contributed by atoms with Crippen LogP contribution < -0.4 is 11.2 Å². The first-order chi connectivity index (χ1) is 17.1. The lowest BCUT2D eigenvalue weighted by molar-refractivity contribution is 0.266. The Morgan fingerprint density at radius 2 is 1.94 bits per heavy atom. The van der Waals surface area contributed by atoms with Gasteiger partial charge in [0, 0.05) is 31.2 Å². The molecular formula is C33H47N3. The molecule has 0 radical (unpaired) electrons. The molecule has 0 amide bonds. The molecule has 3 nitrogen and oxygen atoms in total. The minimum atomic E-state index is 0.0158. The fraction of sp³-hybridized carbons (Fsp3) is 0.455. The molecule has 3 N–H and O–H groups in total. The van der Waals surface area contributed by atoms with Gasteiger partial charge in [-0.05, 0) is 91.0 Å². The van der Waals surface area contributed by atoms with Crippen molar-refractivity contribution in [2.24, 2.45) is 17.1 Å². The summed E-state index contributed by atoms with van der Waals surface area (Å²) in [6.07, 6.45) is 27.0. The standard InChI is InChI=1S/C33H47N3/c1-8-9-12-25(4)31(21-30(19-24(2)3)27-16-17-33(5,6)32(34)22-27)28-14-15-29-23-36(7)35-18-11-10-13-26(29)20-28/h8-12,16,19-22,24,35H,13-15,17-18,23,34H2,1-7H3/b9-8+,11-10-,25-12-,30-19+,31-21+. The number of hydrogen-bond acceptors (Lipinski definition) is 3. The number of likely N-dealkylation sites (N-methyl/N-ethyl adjacent to an activating group) is 1. The van der Waals surface area contributed by atoms with Gasteiger partial charge in [-0.2, -0.15) is 0 Å². The highest BCUT2D eigenvalue weighted by Gasteiger charge is 2.25. The van der Waals surface area contributed by atoms with Crippen molar-refractivity contribution >= 4 is 0 Å². The second-order valence-corrected chi connectivity index (χ2v) is 11.3. The van der Waals surface area contributed by atoms with Crippen molar-refractivity contribution in [2.45, 2.75) is 67.2 Å². The molecule has 0 saturated carbocycles. The van der Waals surface area contributed by atoms with Crippen molar-refractivity contribution in [1.82, 2.24) is 10.4 Å². The molecular weight excluding hydrogens is 438 g/mol. The molecule has 0 saturated heterocycles. The number of nitrogens with two attached hydrogens (primary N) is 1. The molecule has 3 rings (SSSR count). The maximum absolute atomic E-state index is 6.51. The van der Waals surface area contributed by atoms with E-state index in [-0.39, 0.29) is 5.41 Å². The lowest BCUT2D eigenvalue weighted by Gasteiger charge is -2.29. The second kappa shape index (κ2) is 12.6. The molecule has 0 unspecified atom stereocenters. The second-order valence-electron chi connectivity index (χ2n) is 11.3. The molecule has 0 atom stereocenters. The molecule has 3 heteroatoms. The third kappa shape index (κ3) is 7.44. The van der Waals surface area contributed by atoms with Gasteiger partial charge in [-0.25, -0.2) is 5.01 Å². The molecule has 0 aromatic carbocycles. The van der Waals surface area contributed by atoms with Gasteiger partial charge in [-0.1, -0.05) is 81.9 Å². The van der Waals surface area contributed by atoms with E-state index < -0.39 is 0 Å². The predicted molar refractivity (Wildman–Crippen MR) is 157 cm³/mol. The van der Waals surface area contributed by atoms with Gasteiger partial charge in [0.05, 0.1) is 0 Å². The monoisotopic (exact) mass is 485 g/mol. The third-order valence-corrected chi connectivity index (χ3v) is 7.29. The molecule has 36 heavy (non-hydrogen) atoms. The van der Waals surface area contributed by atoms with Gasteiger partial charge >= 0.3 is 0 Å². The quantitative estimate of drug-likeness (QED) is 0.300. The molecule has 1 heterocycles. The summed E-state index contributed by atoms with van der Waals surface area (Å²) in [6, 6.07) is 0. The summed E-state index contributed by atoms with van der Waals surface area (Å²) in [7, 11) is 2.14. The Bertz CT molecular complexity index is 1090. The zero-order chi connectivity index (χ0) is 26.3. The molecule has 0 aromatic rings. The number of rotatable bonds is 6. The first-order valence-electron chi connectivity index (χ1n) is 13.5. The highest BCUT2D eigenvalue weighted by Crippen LogP contribution is 2.38. The van der Waals surface area contributed by atoms with Gasteiger partial charge in [0.25, 0.3) is 0 Å². The summed E-state index contributed by atoms with van der Waals surface area (Å²) >= 11 is 0. The van der Waals surface area contributed by atoms with Gasteiger partial charge in [0.15, 0.2) is 0 Å². The Labute approximate surface area is 220 Å². The minimum Gasteiger partial charge on any atom is -0.402 e. The van der Waals surface area contributed by atoms with E-state index >= 15 is 0 Å². The van der Waals surface area contributed by atoms with Crippen molar-refractivity contribution in [3.05, 3.63) is 105 Å². The summed E-state index contributed by atoms with van der Waals surface area (Å²) in [6.45, 7) is 15.1. The van der Waals surface area contributed by atoms with Gasteiger partial charge in [-0.15, -0.1) is 0 Å². The van der Waals surface area contributed by atoms with Crippen molar-refractivity contribution in [3.63, 3.8) is 0 Å². The van der Waals surface area contributed by atoms with Gasteiger partial charge in [0.2, 0.25) is 0 Å². The van der Waals surface area contributed by atoms with E-state index in [9.17, 15) is 0 Å². The van der Waals surface area contributed by atoms with E-state index in [0.717, 1.165) is 44.5 Å². The lowest BCUT2D eigenvalue weighted by Crippen LogP contribution is -2.36. The average Bonchev–Trinajstić information content (AvgIpc) is 2.91. The van der Waals surface area contributed by atoms with E-state index in [1.807, 2.05) is 0 Å². The highest BCUT2D eigenvalue weighted by molar-refractivity contribution is 5.59. The molecule has 0 spiro atoms. The fourth-order valence-corrected chi connectivity index (χ4v) is 4.91. The fourth-order valence-electron chi connectivity index (χ4n) is 4.91. The molecule has 0 fully saturated rings. The van der Waals surface area contributed by atoms with Gasteiger partial charge in [0.1, 0.15) is 0 Å². The van der Waals surface area contributed by atoms with Crippen LogP contribution in [0.5, 0.6) is 0 Å². The molecule has 1 aliphatic heterocycles. The number of nitrogens with zero attached hydrogens (tertiary/aromatic N) is 1. The van der Waals surface area contributed by atoms with E-state index in [1.54, 1.807) is 5.57 Å². The summed E-state index contributed by atoms with van der Waals surface area (Å²) in [5.74, 6) is 0.444. The van der Waals surface area contributed by atoms with Crippen LogP contribution in [0.25, 0.3) is 0 Å². The minimum absolute atomic E-state index is 0.0158. The average molecular weight is 486 g/mol. The zero-order valence-electron chi connectivity index (χ0n) is 23.6. The van der Waals surface area contributed by atoms with E-state index in [1.165, 1.54) is 33.4 Å². The topological polar surface area (TPSA) is 41.3 Å².